The van der Waals surface area contributed by atoms with E-state index in [4.69, 9.17) is 0 Å². The Morgan fingerprint density at radius 2 is 1.95 bits per heavy atom. The highest BCUT2D eigenvalue weighted by atomic mass is 16.1. The molecule has 1 unspecified atom stereocenters. The molecule has 0 radical (unpaired) electrons. The first-order chi connectivity index (χ1) is 8.97. The summed E-state index contributed by atoms with van der Waals surface area (Å²) in [5.74, 6) is 1.16. The molecule has 0 bridgehead atoms. The van der Waals surface area contributed by atoms with E-state index in [1.807, 2.05) is 32.9 Å². The maximum atomic E-state index is 12.2. The third-order valence-corrected chi connectivity index (χ3v) is 3.22. The monoisotopic (exact) mass is 263 g/mol. The predicted molar refractivity (Wildman–Crippen MR) is 79.5 cm³/mol. The van der Waals surface area contributed by atoms with Gasteiger partial charge >= 0.3 is 0 Å². The number of amides is 1. The summed E-state index contributed by atoms with van der Waals surface area (Å²) in [6, 6.07) is 3.84. The number of nitrogens with zero attached hydrogens (tertiary/aromatic N) is 1. The Kier molecular flexibility index (Phi) is 5.80. The molecule has 1 rings (SSSR count). The van der Waals surface area contributed by atoms with Crippen LogP contribution in [-0.2, 0) is 6.42 Å². The molecule has 4 nitrogen and oxygen atoms in total. The van der Waals surface area contributed by atoms with Crippen LogP contribution in [0.15, 0.2) is 12.1 Å². The van der Waals surface area contributed by atoms with Crippen molar-refractivity contribution in [3.05, 3.63) is 23.4 Å². The molecule has 1 atom stereocenters. The van der Waals surface area contributed by atoms with Gasteiger partial charge in [0.2, 0.25) is 0 Å². The Morgan fingerprint density at radius 3 is 2.47 bits per heavy atom. The van der Waals surface area contributed by atoms with Gasteiger partial charge in [0.15, 0.2) is 0 Å². The van der Waals surface area contributed by atoms with E-state index in [9.17, 15) is 4.79 Å². The molecule has 4 heteroatoms. The molecule has 0 spiro atoms. The van der Waals surface area contributed by atoms with E-state index in [1.54, 1.807) is 0 Å². The highest BCUT2D eigenvalue weighted by Gasteiger charge is 2.14. The summed E-state index contributed by atoms with van der Waals surface area (Å²) in [5.41, 5.74) is 1.61. The second kappa shape index (κ2) is 7.12. The van der Waals surface area contributed by atoms with Crippen molar-refractivity contribution in [1.29, 1.82) is 0 Å². The second-order valence-corrected chi connectivity index (χ2v) is 5.12. The average molecular weight is 263 g/mol. The highest BCUT2D eigenvalue weighted by Crippen LogP contribution is 2.12. The maximum absolute atomic E-state index is 12.2. The topological polar surface area (TPSA) is 54.0 Å². The number of carbonyl (C=O) groups is 1. The fraction of sp³-hybridized carbons (Fsp3) is 0.600. The van der Waals surface area contributed by atoms with Crippen LogP contribution < -0.4 is 10.6 Å². The highest BCUT2D eigenvalue weighted by molar-refractivity contribution is 5.95. The molecule has 1 aromatic heterocycles. The van der Waals surface area contributed by atoms with Crippen LogP contribution in [-0.4, -0.2) is 23.5 Å². The number of carbonyl (C=O) groups excluding carboxylic acids is 1. The molecule has 0 aliphatic carbocycles. The van der Waals surface area contributed by atoms with Crippen molar-refractivity contribution < 1.29 is 4.79 Å². The van der Waals surface area contributed by atoms with E-state index in [0.717, 1.165) is 24.5 Å². The normalized spacial score (nSPS) is 12.3. The summed E-state index contributed by atoms with van der Waals surface area (Å²) in [5, 5.41) is 6.18. The molecular formula is C15H25N3O. The third-order valence-electron chi connectivity index (χ3n) is 3.22. The summed E-state index contributed by atoms with van der Waals surface area (Å²) in [6.45, 7) is 11.1. The number of rotatable bonds is 6. The number of pyridine rings is 1. The SMILES string of the molecule is CCNc1cc(C(=O)NC(C)C(C)C)cc(CC)n1. The first-order valence-corrected chi connectivity index (χ1v) is 7.03. The minimum Gasteiger partial charge on any atom is -0.370 e. The second-order valence-electron chi connectivity index (χ2n) is 5.12. The van der Waals surface area contributed by atoms with Crippen LogP contribution in [0.4, 0.5) is 5.82 Å². The molecular weight excluding hydrogens is 238 g/mol. The van der Waals surface area contributed by atoms with Crippen molar-refractivity contribution >= 4 is 11.7 Å². The van der Waals surface area contributed by atoms with Gasteiger partial charge in [-0.05, 0) is 38.3 Å². The van der Waals surface area contributed by atoms with Crippen LogP contribution >= 0.6 is 0 Å². The van der Waals surface area contributed by atoms with Crippen LogP contribution in [0.5, 0.6) is 0 Å². The third kappa shape index (κ3) is 4.54. The van der Waals surface area contributed by atoms with Gasteiger partial charge in [-0.25, -0.2) is 4.98 Å². The zero-order valence-electron chi connectivity index (χ0n) is 12.6. The summed E-state index contributed by atoms with van der Waals surface area (Å²) < 4.78 is 0. The summed E-state index contributed by atoms with van der Waals surface area (Å²) in [6.07, 6.45) is 0.819. The smallest absolute Gasteiger partial charge is 0.251 e. The van der Waals surface area contributed by atoms with E-state index < -0.39 is 0 Å². The number of hydrogen-bond donors (Lipinski definition) is 2. The molecule has 0 saturated carbocycles. The molecule has 0 fully saturated rings. The van der Waals surface area contributed by atoms with Crippen molar-refractivity contribution in [3.8, 4) is 0 Å². The van der Waals surface area contributed by atoms with Gasteiger partial charge in [0.1, 0.15) is 5.82 Å². The number of aromatic nitrogens is 1. The standard InChI is InChI=1S/C15H25N3O/c1-6-13-8-12(9-14(18-13)16-7-2)15(19)17-11(5)10(3)4/h8-11H,6-7H2,1-5H3,(H,16,18)(H,17,19). The molecule has 2 N–H and O–H groups in total. The Hall–Kier alpha value is -1.58. The number of anilines is 1. The largest absolute Gasteiger partial charge is 0.370 e. The Balaban J connectivity index is 2.92. The lowest BCUT2D eigenvalue weighted by Crippen LogP contribution is -2.36. The molecule has 0 aliphatic rings. The van der Waals surface area contributed by atoms with Crippen molar-refractivity contribution in [2.24, 2.45) is 5.92 Å². The molecule has 0 aromatic carbocycles. The van der Waals surface area contributed by atoms with E-state index in [0.29, 0.717) is 11.5 Å². The maximum Gasteiger partial charge on any atom is 0.251 e. The van der Waals surface area contributed by atoms with Gasteiger partial charge in [0.25, 0.3) is 5.91 Å². The van der Waals surface area contributed by atoms with Gasteiger partial charge in [0, 0.05) is 23.8 Å². The molecule has 19 heavy (non-hydrogen) atoms. The van der Waals surface area contributed by atoms with Crippen molar-refractivity contribution in [2.75, 3.05) is 11.9 Å². The van der Waals surface area contributed by atoms with Gasteiger partial charge in [-0.15, -0.1) is 0 Å². The Bertz CT molecular complexity index is 429. The molecule has 106 valence electrons. The van der Waals surface area contributed by atoms with Gasteiger partial charge in [0.05, 0.1) is 0 Å². The molecule has 0 saturated heterocycles. The molecule has 1 heterocycles. The molecule has 0 aliphatic heterocycles. The quantitative estimate of drug-likeness (QED) is 0.829. The van der Waals surface area contributed by atoms with E-state index >= 15 is 0 Å². The average Bonchev–Trinajstić information content (AvgIpc) is 2.38. The summed E-state index contributed by atoms with van der Waals surface area (Å²) in [4.78, 5) is 16.7. The Labute approximate surface area is 116 Å². The van der Waals surface area contributed by atoms with Crippen LogP contribution in [0.1, 0.15) is 50.7 Å². The van der Waals surface area contributed by atoms with Gasteiger partial charge < -0.3 is 10.6 Å². The van der Waals surface area contributed by atoms with E-state index in [2.05, 4.69) is 29.5 Å². The van der Waals surface area contributed by atoms with Crippen molar-refractivity contribution in [1.82, 2.24) is 10.3 Å². The lowest BCUT2D eigenvalue weighted by molar-refractivity contribution is 0.0930. The van der Waals surface area contributed by atoms with Gasteiger partial charge in [-0.3, -0.25) is 4.79 Å². The van der Waals surface area contributed by atoms with E-state index in [-0.39, 0.29) is 11.9 Å². The van der Waals surface area contributed by atoms with Gasteiger partial charge in [-0.2, -0.15) is 0 Å². The molecule has 1 aromatic rings. The first-order valence-electron chi connectivity index (χ1n) is 7.03. The lowest BCUT2D eigenvalue weighted by Gasteiger charge is -2.18. The predicted octanol–water partition coefficient (Wildman–Crippen LogP) is 2.85. The minimum atomic E-state index is -0.0301. The Morgan fingerprint density at radius 1 is 1.26 bits per heavy atom. The summed E-state index contributed by atoms with van der Waals surface area (Å²) in [7, 11) is 0. The zero-order chi connectivity index (χ0) is 14.4. The zero-order valence-corrected chi connectivity index (χ0v) is 12.6. The van der Waals surface area contributed by atoms with Gasteiger partial charge in [-0.1, -0.05) is 20.8 Å². The van der Waals surface area contributed by atoms with Crippen molar-refractivity contribution in [3.63, 3.8) is 0 Å². The molecule has 1 amide bonds. The fourth-order valence-electron chi connectivity index (χ4n) is 1.63. The minimum absolute atomic E-state index is 0.0301. The number of hydrogen-bond acceptors (Lipinski definition) is 3. The van der Waals surface area contributed by atoms with Crippen LogP contribution in [0.3, 0.4) is 0 Å². The van der Waals surface area contributed by atoms with E-state index in [1.165, 1.54) is 0 Å². The fourth-order valence-corrected chi connectivity index (χ4v) is 1.63. The van der Waals surface area contributed by atoms with Crippen LogP contribution in [0.2, 0.25) is 0 Å². The van der Waals surface area contributed by atoms with Crippen LogP contribution in [0, 0.1) is 5.92 Å². The van der Waals surface area contributed by atoms with Crippen molar-refractivity contribution in [2.45, 2.75) is 47.1 Å². The number of nitrogens with one attached hydrogen (secondary N) is 2. The lowest BCUT2D eigenvalue weighted by atomic mass is 10.1. The number of aryl methyl sites for hydroxylation is 1. The first kappa shape index (κ1) is 15.5. The van der Waals surface area contributed by atoms with Crippen LogP contribution in [0.25, 0.3) is 0 Å². The summed E-state index contributed by atoms with van der Waals surface area (Å²) >= 11 is 0.